The van der Waals surface area contributed by atoms with Gasteiger partial charge in [-0.25, -0.2) is 0 Å². The van der Waals surface area contributed by atoms with Crippen LogP contribution in [-0.2, 0) is 16.0 Å². The molecular weight excluding hydrogens is 256 g/mol. The number of rotatable bonds is 3. The minimum absolute atomic E-state index is 0.210. The van der Waals surface area contributed by atoms with Crippen LogP contribution in [0, 0.1) is 13.8 Å². The number of methoxy groups -OCH3 is 1. The van der Waals surface area contributed by atoms with Gasteiger partial charge in [-0.3, -0.25) is 4.79 Å². The van der Waals surface area contributed by atoms with Crippen LogP contribution in [0.4, 0.5) is 0 Å². The molecule has 2 saturated heterocycles. The van der Waals surface area contributed by atoms with E-state index in [1.807, 2.05) is 13.8 Å². The number of hydrogen-bond acceptors (Lipinski definition) is 4. The molecule has 0 saturated carbocycles. The van der Waals surface area contributed by atoms with Crippen molar-refractivity contribution in [1.29, 1.82) is 0 Å². The summed E-state index contributed by atoms with van der Waals surface area (Å²) in [5.74, 6) is 0.969. The Kier molecular flexibility index (Phi) is 3.54. The summed E-state index contributed by atoms with van der Waals surface area (Å²) in [4.78, 5) is 14.7. The predicted octanol–water partition coefficient (Wildman–Crippen LogP) is 2.00. The van der Waals surface area contributed by atoms with E-state index in [1.165, 1.54) is 0 Å². The maximum absolute atomic E-state index is 12.6. The highest BCUT2D eigenvalue weighted by atomic mass is 16.5. The van der Waals surface area contributed by atoms with Crippen molar-refractivity contribution in [3.05, 3.63) is 17.0 Å². The Balaban J connectivity index is 1.73. The first-order chi connectivity index (χ1) is 9.60. The first kappa shape index (κ1) is 13.6. The zero-order chi connectivity index (χ0) is 14.3. The van der Waals surface area contributed by atoms with E-state index in [-0.39, 0.29) is 5.91 Å². The van der Waals surface area contributed by atoms with Gasteiger partial charge in [-0.05, 0) is 39.5 Å². The Labute approximate surface area is 119 Å². The molecule has 0 spiro atoms. The van der Waals surface area contributed by atoms with Crippen LogP contribution in [0.5, 0.6) is 0 Å². The number of hydrogen-bond donors (Lipinski definition) is 0. The maximum atomic E-state index is 12.6. The number of piperidine rings is 1. The van der Waals surface area contributed by atoms with Gasteiger partial charge in [0, 0.05) is 24.8 Å². The fourth-order valence-electron chi connectivity index (χ4n) is 3.72. The van der Waals surface area contributed by atoms with Crippen LogP contribution >= 0.6 is 0 Å². The second kappa shape index (κ2) is 5.20. The van der Waals surface area contributed by atoms with E-state index in [9.17, 15) is 4.79 Å². The SMILES string of the molecule is COC1CC2CCC(C1)N2C(=O)Cc1c(C)noc1C. The average Bonchev–Trinajstić information content (AvgIpc) is 2.89. The summed E-state index contributed by atoms with van der Waals surface area (Å²) in [6.45, 7) is 3.76. The van der Waals surface area contributed by atoms with Crippen LogP contribution in [0.25, 0.3) is 0 Å². The number of nitrogens with zero attached hydrogens (tertiary/aromatic N) is 2. The molecule has 5 nitrogen and oxygen atoms in total. The molecule has 3 rings (SSSR count). The minimum atomic E-state index is 0.210. The van der Waals surface area contributed by atoms with Crippen LogP contribution in [0.1, 0.15) is 42.7 Å². The molecule has 0 N–H and O–H groups in total. The third kappa shape index (κ3) is 2.24. The topological polar surface area (TPSA) is 55.6 Å². The predicted molar refractivity (Wildman–Crippen MR) is 73.4 cm³/mol. The van der Waals surface area contributed by atoms with Gasteiger partial charge in [0.2, 0.25) is 5.91 Å². The zero-order valence-electron chi connectivity index (χ0n) is 12.4. The van der Waals surface area contributed by atoms with Crippen LogP contribution < -0.4 is 0 Å². The normalized spacial score (nSPS) is 28.9. The van der Waals surface area contributed by atoms with E-state index in [1.54, 1.807) is 7.11 Å². The Hall–Kier alpha value is -1.36. The van der Waals surface area contributed by atoms with Gasteiger partial charge in [0.1, 0.15) is 5.76 Å². The summed E-state index contributed by atoms with van der Waals surface area (Å²) >= 11 is 0. The van der Waals surface area contributed by atoms with Gasteiger partial charge in [0.15, 0.2) is 0 Å². The van der Waals surface area contributed by atoms with Crippen LogP contribution in [0.15, 0.2) is 4.52 Å². The molecule has 0 aromatic carbocycles. The molecule has 2 unspecified atom stereocenters. The largest absolute Gasteiger partial charge is 0.381 e. The smallest absolute Gasteiger partial charge is 0.227 e. The van der Waals surface area contributed by atoms with Gasteiger partial charge >= 0.3 is 0 Å². The minimum Gasteiger partial charge on any atom is -0.381 e. The molecule has 1 amide bonds. The number of amides is 1. The summed E-state index contributed by atoms with van der Waals surface area (Å²) in [6, 6.07) is 0.707. The third-order valence-electron chi connectivity index (χ3n) is 4.82. The van der Waals surface area contributed by atoms with Crippen molar-refractivity contribution in [2.75, 3.05) is 7.11 Å². The molecule has 0 radical (unpaired) electrons. The first-order valence-electron chi connectivity index (χ1n) is 7.35. The quantitative estimate of drug-likeness (QED) is 0.848. The Morgan fingerprint density at radius 2 is 2.00 bits per heavy atom. The summed E-state index contributed by atoms with van der Waals surface area (Å²) in [7, 11) is 1.77. The highest BCUT2D eigenvalue weighted by Gasteiger charge is 2.43. The molecule has 2 bridgehead atoms. The summed E-state index contributed by atoms with van der Waals surface area (Å²) in [5, 5.41) is 3.93. The van der Waals surface area contributed by atoms with Crippen molar-refractivity contribution in [3.63, 3.8) is 0 Å². The lowest BCUT2D eigenvalue weighted by Gasteiger charge is -2.38. The van der Waals surface area contributed by atoms with E-state index in [0.29, 0.717) is 24.6 Å². The van der Waals surface area contributed by atoms with Crippen LogP contribution in [0.3, 0.4) is 0 Å². The molecule has 1 aromatic rings. The van der Waals surface area contributed by atoms with E-state index < -0.39 is 0 Å². The molecule has 2 fully saturated rings. The summed E-state index contributed by atoms with van der Waals surface area (Å²) < 4.78 is 10.6. The fourth-order valence-corrected chi connectivity index (χ4v) is 3.72. The van der Waals surface area contributed by atoms with Gasteiger partial charge in [-0.1, -0.05) is 5.16 Å². The highest BCUT2D eigenvalue weighted by Crippen LogP contribution is 2.37. The maximum Gasteiger partial charge on any atom is 0.227 e. The fraction of sp³-hybridized carbons (Fsp3) is 0.733. The third-order valence-corrected chi connectivity index (χ3v) is 4.82. The molecule has 2 aliphatic heterocycles. The van der Waals surface area contributed by atoms with E-state index in [0.717, 1.165) is 42.7 Å². The van der Waals surface area contributed by atoms with Crippen molar-refractivity contribution >= 4 is 5.91 Å². The highest BCUT2D eigenvalue weighted by molar-refractivity contribution is 5.80. The lowest BCUT2D eigenvalue weighted by atomic mass is 9.98. The molecule has 2 atom stereocenters. The lowest BCUT2D eigenvalue weighted by molar-refractivity contribution is -0.137. The van der Waals surface area contributed by atoms with Gasteiger partial charge in [0.05, 0.1) is 18.2 Å². The van der Waals surface area contributed by atoms with Gasteiger partial charge in [-0.15, -0.1) is 0 Å². The van der Waals surface area contributed by atoms with Crippen molar-refractivity contribution in [2.24, 2.45) is 0 Å². The number of carbonyl (C=O) groups is 1. The van der Waals surface area contributed by atoms with Gasteiger partial charge < -0.3 is 14.2 Å². The lowest BCUT2D eigenvalue weighted by Crippen LogP contribution is -2.49. The molecule has 110 valence electrons. The number of ether oxygens (including phenoxy) is 1. The summed E-state index contributed by atoms with van der Waals surface area (Å²) in [6.07, 6.45) is 4.89. The van der Waals surface area contributed by atoms with Crippen molar-refractivity contribution in [3.8, 4) is 0 Å². The van der Waals surface area contributed by atoms with E-state index in [4.69, 9.17) is 9.26 Å². The summed E-state index contributed by atoms with van der Waals surface area (Å²) in [5.41, 5.74) is 1.78. The Morgan fingerprint density at radius 3 is 2.50 bits per heavy atom. The van der Waals surface area contributed by atoms with Crippen LogP contribution in [-0.4, -0.2) is 41.3 Å². The first-order valence-corrected chi connectivity index (χ1v) is 7.35. The average molecular weight is 278 g/mol. The molecule has 2 aliphatic rings. The Morgan fingerprint density at radius 1 is 1.35 bits per heavy atom. The monoisotopic (exact) mass is 278 g/mol. The molecule has 1 aromatic heterocycles. The number of aromatic nitrogens is 1. The van der Waals surface area contributed by atoms with Crippen molar-refractivity contribution in [2.45, 2.75) is 64.1 Å². The van der Waals surface area contributed by atoms with Crippen molar-refractivity contribution < 1.29 is 14.1 Å². The molecule has 5 heteroatoms. The standard InChI is InChI=1S/C15H22N2O3/c1-9-14(10(2)20-16-9)8-15(18)17-11-4-5-12(17)7-13(6-11)19-3/h11-13H,4-8H2,1-3H3. The number of fused-ring (bicyclic) bond motifs is 2. The van der Waals surface area contributed by atoms with Crippen molar-refractivity contribution in [1.82, 2.24) is 10.1 Å². The Bertz CT molecular complexity index is 478. The second-order valence-electron chi connectivity index (χ2n) is 5.99. The van der Waals surface area contributed by atoms with Crippen LogP contribution in [0.2, 0.25) is 0 Å². The zero-order valence-corrected chi connectivity index (χ0v) is 12.4. The van der Waals surface area contributed by atoms with E-state index in [2.05, 4.69) is 10.1 Å². The van der Waals surface area contributed by atoms with Gasteiger partial charge in [0.25, 0.3) is 0 Å². The molecule has 3 heterocycles. The molecule has 0 aliphatic carbocycles. The van der Waals surface area contributed by atoms with E-state index >= 15 is 0 Å². The number of aryl methyl sites for hydroxylation is 2. The molecule has 20 heavy (non-hydrogen) atoms. The van der Waals surface area contributed by atoms with Gasteiger partial charge in [-0.2, -0.15) is 0 Å². The number of carbonyl (C=O) groups excluding carboxylic acids is 1. The molecular formula is C15H22N2O3. The second-order valence-corrected chi connectivity index (χ2v) is 5.99.